The number of halogens is 2. The zero-order valence-corrected chi connectivity index (χ0v) is 18.8. The van der Waals surface area contributed by atoms with Gasteiger partial charge in [-0.2, -0.15) is 0 Å². The molecule has 0 aliphatic heterocycles. The zero-order chi connectivity index (χ0) is 20.5. The van der Waals surface area contributed by atoms with Crippen molar-refractivity contribution in [1.82, 2.24) is 4.98 Å². The first kappa shape index (κ1) is 20.8. The number of nitrogens with one attached hydrogen (secondary N) is 2. The highest BCUT2D eigenvalue weighted by Crippen LogP contribution is 2.27. The van der Waals surface area contributed by atoms with Gasteiger partial charge >= 0.3 is 0 Å². The van der Waals surface area contributed by atoms with E-state index in [-0.39, 0.29) is 15.9 Å². The molecule has 1 aromatic heterocycles. The summed E-state index contributed by atoms with van der Waals surface area (Å²) in [4.78, 5) is 17.2. The summed E-state index contributed by atoms with van der Waals surface area (Å²) in [5.74, 6) is -0.350. The van der Waals surface area contributed by atoms with Gasteiger partial charge in [0, 0.05) is 15.2 Å². The molecule has 0 aliphatic carbocycles. The van der Waals surface area contributed by atoms with Gasteiger partial charge in [-0.15, -0.1) is 0 Å². The van der Waals surface area contributed by atoms with Gasteiger partial charge in [0.15, 0.2) is 5.13 Å². The van der Waals surface area contributed by atoms with Gasteiger partial charge in [-0.05, 0) is 61.9 Å². The molecule has 0 spiro atoms. The standard InChI is InChI=1S/C18H15BrClN3O3S2/c1-10-9-12(19)3-8-15(10)22-17(24)16-11(2)21-18(27-16)23-28(25,26)14-6-4-13(20)5-7-14/h3-9H,1-2H3,(H,21,23)(H,22,24). The minimum Gasteiger partial charge on any atom is -0.321 e. The third kappa shape index (κ3) is 4.72. The molecule has 3 rings (SSSR count). The fraction of sp³-hybridized carbons (Fsp3) is 0.111. The van der Waals surface area contributed by atoms with Crippen LogP contribution in [0.1, 0.15) is 20.9 Å². The van der Waals surface area contributed by atoms with Gasteiger partial charge < -0.3 is 5.32 Å². The molecule has 2 N–H and O–H groups in total. The average Bonchev–Trinajstić information content (AvgIpc) is 2.97. The second-order valence-corrected chi connectivity index (χ2v) is 9.94. The Bertz CT molecular complexity index is 1150. The first-order chi connectivity index (χ1) is 13.2. The largest absolute Gasteiger partial charge is 0.321 e. The molecule has 0 radical (unpaired) electrons. The molecule has 0 atom stereocenters. The van der Waals surface area contributed by atoms with Gasteiger partial charge in [-0.1, -0.05) is 38.9 Å². The van der Waals surface area contributed by atoms with E-state index in [0.29, 0.717) is 21.3 Å². The van der Waals surface area contributed by atoms with Gasteiger partial charge in [0.05, 0.1) is 10.6 Å². The molecule has 0 saturated heterocycles. The van der Waals surface area contributed by atoms with E-state index >= 15 is 0 Å². The molecule has 0 unspecified atom stereocenters. The van der Waals surface area contributed by atoms with E-state index in [1.54, 1.807) is 13.0 Å². The number of thiazole rings is 1. The molecular weight excluding hydrogens is 486 g/mol. The predicted molar refractivity (Wildman–Crippen MR) is 116 cm³/mol. The van der Waals surface area contributed by atoms with E-state index < -0.39 is 10.0 Å². The van der Waals surface area contributed by atoms with E-state index in [1.807, 2.05) is 19.1 Å². The van der Waals surface area contributed by atoms with E-state index in [0.717, 1.165) is 21.4 Å². The van der Waals surface area contributed by atoms with Crippen molar-refractivity contribution >= 4 is 65.6 Å². The molecule has 3 aromatic rings. The fourth-order valence-corrected chi connectivity index (χ4v) is 5.08. The third-order valence-corrected chi connectivity index (χ3v) is 7.09. The summed E-state index contributed by atoms with van der Waals surface area (Å²) in [5, 5.41) is 3.38. The number of carbonyl (C=O) groups excluding carboxylic acids is 1. The molecular formula is C18H15BrClN3O3S2. The number of aryl methyl sites for hydroxylation is 2. The second kappa shape index (κ2) is 8.20. The lowest BCUT2D eigenvalue weighted by Crippen LogP contribution is -2.12. The Morgan fingerprint density at radius 1 is 1.14 bits per heavy atom. The van der Waals surface area contributed by atoms with E-state index in [2.05, 4.69) is 31.0 Å². The first-order valence-corrected chi connectivity index (χ1v) is 11.5. The number of rotatable bonds is 5. The molecule has 1 heterocycles. The molecule has 10 heteroatoms. The lowest BCUT2D eigenvalue weighted by Gasteiger charge is -2.08. The highest BCUT2D eigenvalue weighted by Gasteiger charge is 2.20. The Kier molecular flexibility index (Phi) is 6.09. The first-order valence-electron chi connectivity index (χ1n) is 7.99. The third-order valence-electron chi connectivity index (χ3n) is 3.79. The molecule has 28 heavy (non-hydrogen) atoms. The molecule has 2 aromatic carbocycles. The normalized spacial score (nSPS) is 11.3. The summed E-state index contributed by atoms with van der Waals surface area (Å²) in [6.07, 6.45) is 0. The lowest BCUT2D eigenvalue weighted by atomic mass is 10.2. The van der Waals surface area contributed by atoms with Crippen molar-refractivity contribution in [2.45, 2.75) is 18.7 Å². The van der Waals surface area contributed by atoms with Crippen LogP contribution >= 0.6 is 38.9 Å². The van der Waals surface area contributed by atoms with Crippen LogP contribution in [-0.4, -0.2) is 19.3 Å². The SMILES string of the molecule is Cc1cc(Br)ccc1NC(=O)c1sc(NS(=O)(=O)c2ccc(Cl)cc2)nc1C. The molecule has 0 bridgehead atoms. The van der Waals surface area contributed by atoms with Crippen LogP contribution in [0.5, 0.6) is 0 Å². The molecule has 0 fully saturated rings. The fourth-order valence-electron chi connectivity index (χ4n) is 2.38. The van der Waals surface area contributed by atoms with Crippen LogP contribution in [0.2, 0.25) is 5.02 Å². The Hall–Kier alpha value is -1.94. The van der Waals surface area contributed by atoms with Gasteiger partial charge in [-0.3, -0.25) is 9.52 Å². The number of nitrogens with zero attached hydrogens (tertiary/aromatic N) is 1. The summed E-state index contributed by atoms with van der Waals surface area (Å²) in [7, 11) is -3.83. The Morgan fingerprint density at radius 2 is 1.82 bits per heavy atom. The molecule has 0 saturated carbocycles. The second-order valence-electron chi connectivity index (χ2n) is 5.91. The van der Waals surface area contributed by atoms with Crippen LogP contribution in [-0.2, 0) is 10.0 Å². The summed E-state index contributed by atoms with van der Waals surface area (Å²) < 4.78 is 28.3. The number of benzene rings is 2. The summed E-state index contributed by atoms with van der Waals surface area (Å²) >= 11 is 10.1. The topological polar surface area (TPSA) is 88.2 Å². The van der Waals surface area contributed by atoms with Crippen LogP contribution < -0.4 is 10.0 Å². The van der Waals surface area contributed by atoms with Crippen molar-refractivity contribution in [3.8, 4) is 0 Å². The van der Waals surface area contributed by atoms with Crippen LogP contribution in [0.4, 0.5) is 10.8 Å². The Morgan fingerprint density at radius 3 is 2.46 bits per heavy atom. The van der Waals surface area contributed by atoms with E-state index in [4.69, 9.17) is 11.6 Å². The van der Waals surface area contributed by atoms with Crippen LogP contribution in [0.25, 0.3) is 0 Å². The van der Waals surface area contributed by atoms with Crippen LogP contribution in [0.3, 0.4) is 0 Å². The predicted octanol–water partition coefficient (Wildman–Crippen LogP) is 5.23. The van der Waals surface area contributed by atoms with Crippen molar-refractivity contribution in [2.75, 3.05) is 10.0 Å². The summed E-state index contributed by atoms with van der Waals surface area (Å²) in [6.45, 7) is 3.53. The number of aromatic nitrogens is 1. The van der Waals surface area contributed by atoms with Crippen LogP contribution in [0.15, 0.2) is 51.8 Å². The molecule has 146 valence electrons. The van der Waals surface area contributed by atoms with Crippen molar-refractivity contribution in [2.24, 2.45) is 0 Å². The van der Waals surface area contributed by atoms with Gasteiger partial charge in [-0.25, -0.2) is 13.4 Å². The molecule has 6 nitrogen and oxygen atoms in total. The minimum atomic E-state index is -3.83. The quantitative estimate of drug-likeness (QED) is 0.502. The maximum absolute atomic E-state index is 12.6. The summed E-state index contributed by atoms with van der Waals surface area (Å²) in [6, 6.07) is 11.3. The van der Waals surface area contributed by atoms with Gasteiger partial charge in [0.1, 0.15) is 4.88 Å². The maximum Gasteiger partial charge on any atom is 0.267 e. The Balaban J connectivity index is 1.80. The molecule has 1 amide bonds. The van der Waals surface area contributed by atoms with Gasteiger partial charge in [0.2, 0.25) is 0 Å². The zero-order valence-electron chi connectivity index (χ0n) is 14.8. The maximum atomic E-state index is 12.6. The van der Waals surface area contributed by atoms with Crippen molar-refractivity contribution in [3.63, 3.8) is 0 Å². The lowest BCUT2D eigenvalue weighted by molar-refractivity contribution is 0.102. The van der Waals surface area contributed by atoms with Crippen molar-refractivity contribution in [1.29, 1.82) is 0 Å². The van der Waals surface area contributed by atoms with Crippen molar-refractivity contribution < 1.29 is 13.2 Å². The minimum absolute atomic E-state index is 0.0567. The number of carbonyl (C=O) groups is 1. The smallest absolute Gasteiger partial charge is 0.267 e. The number of anilines is 2. The van der Waals surface area contributed by atoms with Gasteiger partial charge in [0.25, 0.3) is 15.9 Å². The average molecular weight is 501 g/mol. The number of hydrogen-bond donors (Lipinski definition) is 2. The number of hydrogen-bond acceptors (Lipinski definition) is 5. The highest BCUT2D eigenvalue weighted by molar-refractivity contribution is 9.10. The van der Waals surface area contributed by atoms with E-state index in [1.165, 1.54) is 24.3 Å². The van der Waals surface area contributed by atoms with E-state index in [9.17, 15) is 13.2 Å². The van der Waals surface area contributed by atoms with Crippen molar-refractivity contribution in [3.05, 3.63) is 68.1 Å². The molecule has 0 aliphatic rings. The monoisotopic (exact) mass is 499 g/mol. The number of sulfonamides is 1. The van der Waals surface area contributed by atoms with Crippen LogP contribution in [0, 0.1) is 13.8 Å². The summed E-state index contributed by atoms with van der Waals surface area (Å²) in [5.41, 5.74) is 2.00. The number of amides is 1. The Labute approximate surface area is 180 Å². The highest BCUT2D eigenvalue weighted by atomic mass is 79.9.